The highest BCUT2D eigenvalue weighted by Gasteiger charge is 2.22. The van der Waals surface area contributed by atoms with E-state index in [1.165, 1.54) is 27.2 Å². The van der Waals surface area contributed by atoms with E-state index >= 15 is 0 Å². The number of aromatic nitrogens is 4. The first-order valence-corrected chi connectivity index (χ1v) is 21.4. The summed E-state index contributed by atoms with van der Waals surface area (Å²) < 4.78 is 2.46. The maximum absolute atomic E-state index is 5.28. The summed E-state index contributed by atoms with van der Waals surface area (Å²) in [6, 6.07) is 81.6. The predicted molar refractivity (Wildman–Crippen MR) is 262 cm³/mol. The van der Waals surface area contributed by atoms with Crippen LogP contribution in [0.15, 0.2) is 231 Å². The second kappa shape index (κ2) is 15.2. The molecule has 12 aromatic rings. The van der Waals surface area contributed by atoms with Crippen LogP contribution < -0.4 is 0 Å². The third kappa shape index (κ3) is 6.36. The van der Waals surface area contributed by atoms with Gasteiger partial charge in [0.05, 0.1) is 33.6 Å². The molecule has 0 unspecified atom stereocenters. The number of hydrogen-bond acceptors (Lipinski definition) is 3. The molecule has 0 spiro atoms. The van der Waals surface area contributed by atoms with E-state index in [0.717, 1.165) is 83.5 Å². The predicted octanol–water partition coefficient (Wildman–Crippen LogP) is 15.3. The molecule has 4 heteroatoms. The first kappa shape index (κ1) is 36.4. The number of fused-ring (bicyclic) bond motifs is 7. The first-order valence-electron chi connectivity index (χ1n) is 21.4. The fraction of sp³-hybridized carbons (Fsp3) is 0. The maximum atomic E-state index is 5.28. The minimum atomic E-state index is 0.709. The third-order valence-corrected chi connectivity index (χ3v) is 12.2. The minimum Gasteiger partial charge on any atom is -0.309 e. The van der Waals surface area contributed by atoms with Gasteiger partial charge in [-0.3, -0.25) is 0 Å². The largest absolute Gasteiger partial charge is 0.309 e. The molecular formula is C59H38N4. The number of para-hydroxylation sites is 2. The van der Waals surface area contributed by atoms with E-state index in [-0.39, 0.29) is 0 Å². The molecule has 63 heavy (non-hydrogen) atoms. The van der Waals surface area contributed by atoms with Crippen LogP contribution in [0.2, 0.25) is 0 Å². The lowest BCUT2D eigenvalue weighted by Gasteiger charge is -2.14. The van der Waals surface area contributed by atoms with Gasteiger partial charge in [-0.15, -0.1) is 0 Å². The molecule has 0 radical (unpaired) electrons. The Morgan fingerprint density at radius 1 is 0.317 bits per heavy atom. The van der Waals surface area contributed by atoms with Gasteiger partial charge < -0.3 is 4.57 Å². The molecule has 0 N–H and O–H groups in total. The number of pyridine rings is 1. The molecule has 0 aliphatic heterocycles. The quantitative estimate of drug-likeness (QED) is 0.151. The molecule has 0 fully saturated rings. The van der Waals surface area contributed by atoms with Gasteiger partial charge in [0.25, 0.3) is 0 Å². The molecular weight excluding hydrogens is 765 g/mol. The molecule has 0 bridgehead atoms. The molecule has 294 valence electrons. The number of nitrogens with zero attached hydrogens (tertiary/aromatic N) is 4. The second-order valence-electron chi connectivity index (χ2n) is 16.0. The van der Waals surface area contributed by atoms with Crippen LogP contribution in [0.1, 0.15) is 0 Å². The van der Waals surface area contributed by atoms with Crippen molar-refractivity contribution in [3.8, 4) is 73.1 Å². The van der Waals surface area contributed by atoms with Crippen LogP contribution in [-0.4, -0.2) is 19.5 Å². The first-order chi connectivity index (χ1) is 31.2. The Hall–Kier alpha value is -8.47. The highest BCUT2D eigenvalue weighted by molar-refractivity contribution is 6.28. The van der Waals surface area contributed by atoms with Crippen LogP contribution in [-0.2, 0) is 0 Å². The van der Waals surface area contributed by atoms with E-state index < -0.39 is 0 Å². The zero-order valence-electron chi connectivity index (χ0n) is 34.2. The van der Waals surface area contributed by atoms with Gasteiger partial charge >= 0.3 is 0 Å². The van der Waals surface area contributed by atoms with E-state index in [1.807, 2.05) is 36.4 Å². The maximum Gasteiger partial charge on any atom is 0.160 e. The van der Waals surface area contributed by atoms with Crippen molar-refractivity contribution in [1.82, 2.24) is 19.5 Å². The van der Waals surface area contributed by atoms with E-state index in [4.69, 9.17) is 15.0 Å². The summed E-state index contributed by atoms with van der Waals surface area (Å²) >= 11 is 0. The van der Waals surface area contributed by atoms with Gasteiger partial charge in [0, 0.05) is 54.9 Å². The summed E-state index contributed by atoms with van der Waals surface area (Å²) in [5, 5.41) is 5.90. The summed E-state index contributed by atoms with van der Waals surface area (Å²) in [6.07, 6.45) is 0. The van der Waals surface area contributed by atoms with Gasteiger partial charge in [0.15, 0.2) is 5.82 Å². The van der Waals surface area contributed by atoms with E-state index in [2.05, 4.69) is 199 Å². The van der Waals surface area contributed by atoms with Gasteiger partial charge in [0.1, 0.15) is 0 Å². The monoisotopic (exact) mass is 802 g/mol. The molecule has 0 aliphatic rings. The lowest BCUT2D eigenvalue weighted by molar-refractivity contribution is 1.18. The topological polar surface area (TPSA) is 43.6 Å². The van der Waals surface area contributed by atoms with Gasteiger partial charge in [-0.05, 0) is 58.7 Å². The Bertz CT molecular complexity index is 3580. The molecule has 12 rings (SSSR count). The van der Waals surface area contributed by atoms with Gasteiger partial charge in [-0.25, -0.2) is 15.0 Å². The highest BCUT2D eigenvalue weighted by atomic mass is 15.0. The Morgan fingerprint density at radius 2 is 0.873 bits per heavy atom. The summed E-state index contributed by atoms with van der Waals surface area (Å²) in [5.74, 6) is 0.709. The van der Waals surface area contributed by atoms with Gasteiger partial charge in [0.2, 0.25) is 0 Å². The molecule has 0 saturated carbocycles. The van der Waals surface area contributed by atoms with Crippen LogP contribution in [0.4, 0.5) is 0 Å². The highest BCUT2D eigenvalue weighted by Crippen LogP contribution is 2.45. The average molecular weight is 803 g/mol. The van der Waals surface area contributed by atoms with Gasteiger partial charge in [-0.1, -0.05) is 194 Å². The molecule has 0 saturated heterocycles. The summed E-state index contributed by atoms with van der Waals surface area (Å²) in [7, 11) is 0. The van der Waals surface area contributed by atoms with Crippen LogP contribution in [0.5, 0.6) is 0 Å². The Kier molecular flexibility index (Phi) is 8.79. The van der Waals surface area contributed by atoms with Crippen LogP contribution >= 0.6 is 0 Å². The lowest BCUT2D eigenvalue weighted by atomic mass is 9.94. The van der Waals surface area contributed by atoms with Crippen molar-refractivity contribution in [1.29, 1.82) is 0 Å². The van der Waals surface area contributed by atoms with E-state index in [1.54, 1.807) is 0 Å². The van der Waals surface area contributed by atoms with Crippen molar-refractivity contribution in [3.63, 3.8) is 0 Å². The van der Waals surface area contributed by atoms with Crippen LogP contribution in [0.3, 0.4) is 0 Å². The molecule has 0 amide bonds. The molecule has 0 atom stereocenters. The summed E-state index contributed by atoms with van der Waals surface area (Å²) in [4.78, 5) is 15.3. The van der Waals surface area contributed by atoms with Crippen molar-refractivity contribution in [3.05, 3.63) is 231 Å². The minimum absolute atomic E-state index is 0.709. The fourth-order valence-corrected chi connectivity index (χ4v) is 9.26. The second-order valence-corrected chi connectivity index (χ2v) is 16.0. The number of rotatable bonds is 7. The lowest BCUT2D eigenvalue weighted by Crippen LogP contribution is -1.96. The summed E-state index contributed by atoms with van der Waals surface area (Å²) in [5.41, 5.74) is 16.0. The molecule has 0 aliphatic carbocycles. The van der Waals surface area contributed by atoms with Crippen LogP contribution in [0, 0.1) is 0 Å². The SMILES string of the molecule is c1ccc(-c2cc(-c3ccc(-c4cccc(-c5cccc6c5c5ccc7c(-c8ccccc8)nc8ccccc8c7c5n6-c5ccccc5)c4)cc3)nc(-c3ccccc3)n2)cc1. The van der Waals surface area contributed by atoms with Crippen molar-refractivity contribution in [2.24, 2.45) is 0 Å². The molecule has 3 aromatic heterocycles. The van der Waals surface area contributed by atoms with E-state index in [9.17, 15) is 0 Å². The third-order valence-electron chi connectivity index (χ3n) is 12.2. The van der Waals surface area contributed by atoms with Gasteiger partial charge in [-0.2, -0.15) is 0 Å². The fourth-order valence-electron chi connectivity index (χ4n) is 9.26. The number of benzene rings is 9. The Morgan fingerprint density at radius 3 is 1.60 bits per heavy atom. The smallest absolute Gasteiger partial charge is 0.160 e. The number of hydrogen-bond donors (Lipinski definition) is 0. The zero-order valence-corrected chi connectivity index (χ0v) is 34.2. The Balaban J connectivity index is 1.01. The standard InChI is InChI=1S/C59H38N4/c1-5-17-40(18-6-1)52-38-53(62-59(61-52)43-21-9-3-10-22-43)41-33-31-39(32-34-41)44-23-15-24-45(37-44)47-28-16-30-54-55(47)50-36-35-49-56(58(50)63(54)46-25-11-4-12-26-46)48-27-13-14-29-51(48)60-57(49)42-19-7-2-8-20-42/h1-38H. The van der Waals surface area contributed by atoms with Crippen molar-refractivity contribution in [2.75, 3.05) is 0 Å². The molecule has 9 aromatic carbocycles. The Labute approximate surface area is 365 Å². The molecule has 4 nitrogen and oxygen atoms in total. The summed E-state index contributed by atoms with van der Waals surface area (Å²) in [6.45, 7) is 0. The normalized spacial score (nSPS) is 11.5. The van der Waals surface area contributed by atoms with Crippen molar-refractivity contribution < 1.29 is 0 Å². The van der Waals surface area contributed by atoms with Crippen molar-refractivity contribution in [2.45, 2.75) is 0 Å². The zero-order chi connectivity index (χ0) is 41.7. The van der Waals surface area contributed by atoms with Crippen LogP contribution in [0.25, 0.3) is 117 Å². The van der Waals surface area contributed by atoms with E-state index in [0.29, 0.717) is 5.82 Å². The molecule has 3 heterocycles. The average Bonchev–Trinajstić information content (AvgIpc) is 3.72. The van der Waals surface area contributed by atoms with Crippen molar-refractivity contribution >= 4 is 43.5 Å².